The number of hydrogen-bond acceptors (Lipinski definition) is 2. The van der Waals surface area contributed by atoms with E-state index in [1.165, 1.54) is 11.1 Å². The number of aryl methyl sites for hydroxylation is 1. The fraction of sp³-hybridized carbons (Fsp3) is 0.286. The SMILES string of the molecule is Fc1c(Cl)nc(C2CCCc3ccccc32)nc1Cl. The Kier molecular flexibility index (Phi) is 3.42. The lowest BCUT2D eigenvalue weighted by Crippen LogP contribution is -2.14. The standard InChI is InChI=1S/C14H11Cl2FN2/c15-12-11(17)13(16)19-14(18-12)10-7-3-5-8-4-1-2-6-9(8)10/h1-2,4,6,10H,3,5,7H2. The predicted molar refractivity (Wildman–Crippen MR) is 73.2 cm³/mol. The second-order valence-electron chi connectivity index (χ2n) is 4.62. The molecule has 0 spiro atoms. The first kappa shape index (κ1) is 12.8. The van der Waals surface area contributed by atoms with Crippen LogP contribution in [0, 0.1) is 5.82 Å². The molecule has 2 aromatic rings. The lowest BCUT2D eigenvalue weighted by atomic mass is 9.82. The van der Waals surface area contributed by atoms with Gasteiger partial charge in [-0.05, 0) is 30.4 Å². The van der Waals surface area contributed by atoms with Gasteiger partial charge in [-0.25, -0.2) is 14.4 Å². The van der Waals surface area contributed by atoms with Crippen molar-refractivity contribution in [2.75, 3.05) is 0 Å². The summed E-state index contributed by atoms with van der Waals surface area (Å²) in [6.07, 6.45) is 3.03. The maximum atomic E-state index is 13.4. The third-order valence-corrected chi connectivity index (χ3v) is 3.97. The van der Waals surface area contributed by atoms with E-state index in [2.05, 4.69) is 22.1 Å². The largest absolute Gasteiger partial charge is 0.217 e. The maximum absolute atomic E-state index is 13.4. The summed E-state index contributed by atoms with van der Waals surface area (Å²) < 4.78 is 13.4. The number of benzene rings is 1. The Morgan fingerprint density at radius 2 is 1.79 bits per heavy atom. The average Bonchev–Trinajstić information content (AvgIpc) is 2.43. The highest BCUT2D eigenvalue weighted by Gasteiger charge is 2.25. The van der Waals surface area contributed by atoms with Crippen LogP contribution in [-0.4, -0.2) is 9.97 Å². The Labute approximate surface area is 120 Å². The summed E-state index contributed by atoms with van der Waals surface area (Å²) in [6.45, 7) is 0. The quantitative estimate of drug-likeness (QED) is 0.729. The predicted octanol–water partition coefficient (Wildman–Crippen LogP) is 4.39. The number of hydrogen-bond donors (Lipinski definition) is 0. The van der Waals surface area contributed by atoms with Crippen LogP contribution in [0.25, 0.3) is 0 Å². The van der Waals surface area contributed by atoms with Gasteiger partial charge in [0.1, 0.15) is 5.82 Å². The molecular formula is C14H11Cl2FN2. The molecule has 1 aromatic carbocycles. The van der Waals surface area contributed by atoms with E-state index in [1.54, 1.807) is 0 Å². The molecule has 0 saturated carbocycles. The molecule has 1 heterocycles. The van der Waals surface area contributed by atoms with Crippen molar-refractivity contribution in [1.29, 1.82) is 0 Å². The van der Waals surface area contributed by atoms with Gasteiger partial charge < -0.3 is 0 Å². The van der Waals surface area contributed by atoms with Gasteiger partial charge in [0.2, 0.25) is 0 Å². The molecule has 0 aliphatic heterocycles. The van der Waals surface area contributed by atoms with E-state index in [9.17, 15) is 4.39 Å². The zero-order valence-electron chi connectivity index (χ0n) is 10.0. The normalized spacial score (nSPS) is 18.2. The topological polar surface area (TPSA) is 25.8 Å². The van der Waals surface area contributed by atoms with Crippen molar-refractivity contribution in [3.8, 4) is 0 Å². The van der Waals surface area contributed by atoms with E-state index in [0.29, 0.717) is 5.82 Å². The van der Waals surface area contributed by atoms with Crippen molar-refractivity contribution < 1.29 is 4.39 Å². The van der Waals surface area contributed by atoms with Gasteiger partial charge in [0.15, 0.2) is 16.1 Å². The van der Waals surface area contributed by atoms with Gasteiger partial charge in [-0.3, -0.25) is 0 Å². The number of aromatic nitrogens is 2. The molecule has 2 nitrogen and oxygen atoms in total. The fourth-order valence-corrected chi connectivity index (χ4v) is 2.99. The number of fused-ring (bicyclic) bond motifs is 1. The van der Waals surface area contributed by atoms with Gasteiger partial charge in [0.25, 0.3) is 0 Å². The first-order valence-corrected chi connectivity index (χ1v) is 6.88. The van der Waals surface area contributed by atoms with Gasteiger partial charge in [0.05, 0.1) is 0 Å². The smallest absolute Gasteiger partial charge is 0.197 e. The van der Waals surface area contributed by atoms with Crippen LogP contribution in [-0.2, 0) is 6.42 Å². The minimum Gasteiger partial charge on any atom is -0.217 e. The molecule has 0 radical (unpaired) electrons. The van der Waals surface area contributed by atoms with Gasteiger partial charge in [-0.2, -0.15) is 0 Å². The van der Waals surface area contributed by atoms with E-state index < -0.39 is 5.82 Å². The average molecular weight is 297 g/mol. The minimum absolute atomic E-state index is 0.0422. The van der Waals surface area contributed by atoms with Crippen molar-refractivity contribution in [1.82, 2.24) is 9.97 Å². The highest BCUT2D eigenvalue weighted by Crippen LogP contribution is 2.36. The Hall–Kier alpha value is -1.19. The molecular weight excluding hydrogens is 286 g/mol. The minimum atomic E-state index is -0.754. The van der Waals surface area contributed by atoms with E-state index >= 15 is 0 Å². The molecule has 0 saturated heterocycles. The Bertz CT molecular complexity index is 608. The summed E-state index contributed by atoms with van der Waals surface area (Å²) in [4.78, 5) is 8.10. The summed E-state index contributed by atoms with van der Waals surface area (Å²) in [7, 11) is 0. The molecule has 0 amide bonds. The Balaban J connectivity index is 2.09. The van der Waals surface area contributed by atoms with Crippen LogP contribution in [0.3, 0.4) is 0 Å². The summed E-state index contributed by atoms with van der Waals surface area (Å²) >= 11 is 11.5. The maximum Gasteiger partial charge on any atom is 0.197 e. The van der Waals surface area contributed by atoms with Gasteiger partial charge >= 0.3 is 0 Å². The van der Waals surface area contributed by atoms with Gasteiger partial charge in [-0.1, -0.05) is 47.5 Å². The van der Waals surface area contributed by atoms with Crippen molar-refractivity contribution in [2.24, 2.45) is 0 Å². The molecule has 1 unspecified atom stereocenters. The molecule has 5 heteroatoms. The third-order valence-electron chi connectivity index (χ3n) is 3.47. The zero-order chi connectivity index (χ0) is 13.4. The third kappa shape index (κ3) is 2.33. The molecule has 1 aliphatic rings. The summed E-state index contributed by atoms with van der Waals surface area (Å²) in [5, 5.41) is -0.420. The van der Waals surface area contributed by atoms with Crippen LogP contribution in [0.1, 0.15) is 35.7 Å². The van der Waals surface area contributed by atoms with Gasteiger partial charge in [0, 0.05) is 5.92 Å². The lowest BCUT2D eigenvalue weighted by Gasteiger charge is -2.24. The Morgan fingerprint density at radius 3 is 2.53 bits per heavy atom. The van der Waals surface area contributed by atoms with Crippen molar-refractivity contribution in [3.05, 3.63) is 57.3 Å². The molecule has 0 N–H and O–H groups in total. The Morgan fingerprint density at radius 1 is 1.11 bits per heavy atom. The van der Waals surface area contributed by atoms with Crippen LogP contribution >= 0.6 is 23.2 Å². The van der Waals surface area contributed by atoms with E-state index in [1.807, 2.05) is 12.1 Å². The summed E-state index contributed by atoms with van der Waals surface area (Å²) in [5.41, 5.74) is 2.48. The molecule has 0 fully saturated rings. The highest BCUT2D eigenvalue weighted by molar-refractivity contribution is 6.33. The number of halogens is 3. The van der Waals surface area contributed by atoms with Crippen LogP contribution in [0.5, 0.6) is 0 Å². The van der Waals surface area contributed by atoms with Gasteiger partial charge in [-0.15, -0.1) is 0 Å². The highest BCUT2D eigenvalue weighted by atomic mass is 35.5. The second-order valence-corrected chi connectivity index (χ2v) is 5.34. The van der Waals surface area contributed by atoms with Crippen LogP contribution in [0.2, 0.25) is 10.3 Å². The molecule has 1 aromatic heterocycles. The zero-order valence-corrected chi connectivity index (χ0v) is 11.5. The van der Waals surface area contributed by atoms with Crippen LogP contribution < -0.4 is 0 Å². The molecule has 3 rings (SSSR count). The van der Waals surface area contributed by atoms with Crippen molar-refractivity contribution in [3.63, 3.8) is 0 Å². The first-order valence-electron chi connectivity index (χ1n) is 6.13. The first-order chi connectivity index (χ1) is 9.16. The molecule has 1 aliphatic carbocycles. The van der Waals surface area contributed by atoms with Crippen molar-refractivity contribution in [2.45, 2.75) is 25.2 Å². The molecule has 1 atom stereocenters. The summed E-state index contributed by atoms with van der Waals surface area (Å²) in [6, 6.07) is 8.18. The molecule has 0 bridgehead atoms. The number of nitrogens with zero attached hydrogens (tertiary/aromatic N) is 2. The van der Waals surface area contributed by atoms with E-state index in [4.69, 9.17) is 23.2 Å². The van der Waals surface area contributed by atoms with Crippen LogP contribution in [0.15, 0.2) is 24.3 Å². The number of rotatable bonds is 1. The molecule has 19 heavy (non-hydrogen) atoms. The lowest BCUT2D eigenvalue weighted by molar-refractivity contribution is 0.571. The van der Waals surface area contributed by atoms with Crippen LogP contribution in [0.4, 0.5) is 4.39 Å². The molecule has 98 valence electrons. The second kappa shape index (κ2) is 5.06. The van der Waals surface area contributed by atoms with E-state index in [-0.39, 0.29) is 16.2 Å². The summed E-state index contributed by atoms with van der Waals surface area (Å²) in [5.74, 6) is -0.208. The van der Waals surface area contributed by atoms with Crippen molar-refractivity contribution >= 4 is 23.2 Å². The fourth-order valence-electron chi connectivity index (χ4n) is 2.59. The monoisotopic (exact) mass is 296 g/mol. The van der Waals surface area contributed by atoms with E-state index in [0.717, 1.165) is 19.3 Å².